The normalized spacial score (nSPS) is 17.1. The summed E-state index contributed by atoms with van der Waals surface area (Å²) in [6, 6.07) is 14.3. The molecule has 0 aliphatic carbocycles. The zero-order valence-electron chi connectivity index (χ0n) is 16.2. The Hall–Kier alpha value is -3.29. The van der Waals surface area contributed by atoms with Crippen molar-refractivity contribution in [3.05, 3.63) is 54.5 Å². The number of fused-ring (bicyclic) bond motifs is 1. The molecule has 1 fully saturated rings. The monoisotopic (exact) mass is 379 g/mol. The van der Waals surface area contributed by atoms with E-state index in [0.29, 0.717) is 12.6 Å². The first-order chi connectivity index (χ1) is 13.8. The van der Waals surface area contributed by atoms with Crippen molar-refractivity contribution in [1.29, 1.82) is 0 Å². The maximum Gasteiger partial charge on any atom is 0.191 e. The Morgan fingerprint density at radius 1 is 1.21 bits per heavy atom. The summed E-state index contributed by atoms with van der Waals surface area (Å²) in [6.45, 7) is 2.42. The van der Waals surface area contributed by atoms with Crippen molar-refractivity contribution >= 4 is 17.3 Å². The fourth-order valence-corrected chi connectivity index (χ4v) is 3.55. The van der Waals surface area contributed by atoms with Gasteiger partial charge in [0.2, 0.25) is 0 Å². The number of nitrogens with one attached hydrogen (secondary N) is 2. The quantitative estimate of drug-likeness (QED) is 0.519. The van der Waals surface area contributed by atoms with Gasteiger partial charge in [0, 0.05) is 32.4 Å². The first-order valence-electron chi connectivity index (χ1n) is 9.42. The van der Waals surface area contributed by atoms with Gasteiger partial charge in [0.25, 0.3) is 0 Å². The highest BCUT2D eigenvalue weighted by molar-refractivity contribution is 5.80. The molecule has 3 heterocycles. The van der Waals surface area contributed by atoms with Crippen LogP contribution in [-0.4, -0.2) is 53.8 Å². The summed E-state index contributed by atoms with van der Waals surface area (Å²) in [6.07, 6.45) is 3.00. The van der Waals surface area contributed by atoms with Gasteiger partial charge in [0.1, 0.15) is 5.75 Å². The average Bonchev–Trinajstić information content (AvgIpc) is 3.38. The highest BCUT2D eigenvalue weighted by atomic mass is 16.5. The van der Waals surface area contributed by atoms with Crippen molar-refractivity contribution in [2.75, 3.05) is 32.1 Å². The average molecular weight is 379 g/mol. The number of pyridine rings is 1. The van der Waals surface area contributed by atoms with Crippen LogP contribution >= 0.6 is 0 Å². The molecule has 8 nitrogen and oxygen atoms in total. The van der Waals surface area contributed by atoms with Crippen LogP contribution in [0.5, 0.6) is 5.75 Å². The fraction of sp³-hybridized carbons (Fsp3) is 0.350. The molecule has 28 heavy (non-hydrogen) atoms. The van der Waals surface area contributed by atoms with Gasteiger partial charge in [-0.25, -0.2) is 0 Å². The molecule has 0 radical (unpaired) electrons. The van der Waals surface area contributed by atoms with Gasteiger partial charge in [-0.15, -0.1) is 10.2 Å². The second kappa shape index (κ2) is 8.16. The van der Waals surface area contributed by atoms with Gasteiger partial charge >= 0.3 is 0 Å². The lowest BCUT2D eigenvalue weighted by Gasteiger charge is -2.22. The molecule has 1 saturated heterocycles. The molecule has 1 aromatic carbocycles. The minimum atomic E-state index is 0.311. The zero-order chi connectivity index (χ0) is 19.3. The van der Waals surface area contributed by atoms with Gasteiger partial charge in [-0.1, -0.05) is 18.2 Å². The van der Waals surface area contributed by atoms with E-state index in [1.807, 2.05) is 47.0 Å². The van der Waals surface area contributed by atoms with E-state index in [2.05, 4.69) is 36.8 Å². The zero-order valence-corrected chi connectivity index (χ0v) is 16.2. The van der Waals surface area contributed by atoms with Gasteiger partial charge in [-0.3, -0.25) is 9.39 Å². The van der Waals surface area contributed by atoms with E-state index in [9.17, 15) is 0 Å². The van der Waals surface area contributed by atoms with E-state index < -0.39 is 0 Å². The van der Waals surface area contributed by atoms with E-state index in [-0.39, 0.29) is 0 Å². The molecule has 8 heteroatoms. The lowest BCUT2D eigenvalue weighted by molar-refractivity contribution is 0.415. The number of guanidine groups is 1. The van der Waals surface area contributed by atoms with Gasteiger partial charge in [0.05, 0.1) is 19.3 Å². The third-order valence-electron chi connectivity index (χ3n) is 4.98. The molecule has 1 aliphatic heterocycles. The van der Waals surface area contributed by atoms with Crippen LogP contribution in [0.3, 0.4) is 0 Å². The smallest absolute Gasteiger partial charge is 0.191 e. The van der Waals surface area contributed by atoms with Crippen LogP contribution in [0.4, 0.5) is 5.69 Å². The molecular formula is C20H25N7O. The number of hydrogen-bond donors (Lipinski definition) is 2. The summed E-state index contributed by atoms with van der Waals surface area (Å²) < 4.78 is 7.47. The summed E-state index contributed by atoms with van der Waals surface area (Å²) in [5, 5.41) is 15.3. The molecule has 0 spiro atoms. The number of anilines is 1. The summed E-state index contributed by atoms with van der Waals surface area (Å²) in [4.78, 5) is 6.70. The molecule has 2 N–H and O–H groups in total. The summed E-state index contributed by atoms with van der Waals surface area (Å²) in [5.41, 5.74) is 1.97. The third kappa shape index (κ3) is 3.71. The molecule has 1 aliphatic rings. The van der Waals surface area contributed by atoms with Crippen LogP contribution in [0.25, 0.3) is 5.65 Å². The van der Waals surface area contributed by atoms with Gasteiger partial charge in [-0.05, 0) is 30.7 Å². The van der Waals surface area contributed by atoms with Crippen molar-refractivity contribution in [2.45, 2.75) is 19.0 Å². The molecule has 3 aromatic rings. The molecule has 1 unspecified atom stereocenters. The van der Waals surface area contributed by atoms with Gasteiger partial charge < -0.3 is 20.3 Å². The number of aliphatic imine (C=N–C) groups is 1. The number of methoxy groups -OCH3 is 1. The van der Waals surface area contributed by atoms with E-state index in [1.54, 1.807) is 14.2 Å². The summed E-state index contributed by atoms with van der Waals surface area (Å²) in [5.74, 6) is 2.52. The minimum absolute atomic E-state index is 0.311. The molecular weight excluding hydrogens is 354 g/mol. The van der Waals surface area contributed by atoms with Crippen LogP contribution in [0.1, 0.15) is 12.2 Å². The van der Waals surface area contributed by atoms with Crippen molar-refractivity contribution in [1.82, 2.24) is 25.2 Å². The Kier molecular flexibility index (Phi) is 5.27. The Morgan fingerprint density at radius 2 is 2.07 bits per heavy atom. The molecule has 4 rings (SSSR count). The van der Waals surface area contributed by atoms with Crippen molar-refractivity contribution < 1.29 is 4.74 Å². The lowest BCUT2D eigenvalue weighted by atomic mass is 10.2. The highest BCUT2D eigenvalue weighted by Crippen LogP contribution is 2.30. The lowest BCUT2D eigenvalue weighted by Crippen LogP contribution is -2.44. The minimum Gasteiger partial charge on any atom is -0.495 e. The standard InChI is InChI=1S/C20H25N7O/c1-21-20(22-13-19-25-24-18-9-5-6-11-27(18)19)23-15-10-12-26(14-15)16-7-3-4-8-17(16)28-2/h3-9,11,15H,10,12-14H2,1-2H3,(H2,21,22,23). The number of para-hydroxylation sites is 2. The van der Waals surface area contributed by atoms with E-state index in [4.69, 9.17) is 4.74 Å². The number of nitrogens with zero attached hydrogens (tertiary/aromatic N) is 5. The first-order valence-corrected chi connectivity index (χ1v) is 9.42. The molecule has 0 bridgehead atoms. The molecule has 2 aromatic heterocycles. The predicted octanol–water partition coefficient (Wildman–Crippen LogP) is 1.68. The van der Waals surface area contributed by atoms with E-state index in [1.165, 1.54) is 0 Å². The number of rotatable bonds is 5. The summed E-state index contributed by atoms with van der Waals surface area (Å²) >= 11 is 0. The maximum absolute atomic E-state index is 5.50. The second-order valence-electron chi connectivity index (χ2n) is 6.72. The van der Waals surface area contributed by atoms with E-state index >= 15 is 0 Å². The number of ether oxygens (including phenoxy) is 1. The van der Waals surface area contributed by atoms with Crippen LogP contribution in [0, 0.1) is 0 Å². The predicted molar refractivity (Wildman–Crippen MR) is 110 cm³/mol. The largest absolute Gasteiger partial charge is 0.495 e. The molecule has 0 saturated carbocycles. The molecule has 146 valence electrons. The van der Waals surface area contributed by atoms with Gasteiger partial charge in [-0.2, -0.15) is 0 Å². The van der Waals surface area contributed by atoms with E-state index in [0.717, 1.165) is 48.4 Å². The van der Waals surface area contributed by atoms with Crippen molar-refractivity contribution in [3.63, 3.8) is 0 Å². The second-order valence-corrected chi connectivity index (χ2v) is 6.72. The summed E-state index contributed by atoms with van der Waals surface area (Å²) in [7, 11) is 3.49. The highest BCUT2D eigenvalue weighted by Gasteiger charge is 2.25. The Labute approximate surface area is 164 Å². The van der Waals surface area contributed by atoms with Crippen LogP contribution in [0.15, 0.2) is 53.7 Å². The SMILES string of the molecule is CN=C(NCc1nnc2ccccn12)NC1CCN(c2ccccc2OC)C1. The first kappa shape index (κ1) is 18.1. The fourth-order valence-electron chi connectivity index (χ4n) is 3.55. The topological polar surface area (TPSA) is 79.1 Å². The van der Waals surface area contributed by atoms with Crippen LogP contribution < -0.4 is 20.3 Å². The Bertz CT molecular complexity index is 968. The molecule has 0 amide bonds. The number of benzene rings is 1. The third-order valence-corrected chi connectivity index (χ3v) is 4.98. The van der Waals surface area contributed by atoms with Crippen molar-refractivity contribution in [2.24, 2.45) is 4.99 Å². The number of hydrogen-bond acceptors (Lipinski definition) is 5. The number of aromatic nitrogens is 3. The van der Waals surface area contributed by atoms with Crippen LogP contribution in [0.2, 0.25) is 0 Å². The molecule has 1 atom stereocenters. The van der Waals surface area contributed by atoms with Gasteiger partial charge in [0.15, 0.2) is 17.4 Å². The Balaban J connectivity index is 1.35. The Morgan fingerprint density at radius 3 is 2.93 bits per heavy atom. The van der Waals surface area contributed by atoms with Crippen LogP contribution in [-0.2, 0) is 6.54 Å². The van der Waals surface area contributed by atoms with Crippen molar-refractivity contribution in [3.8, 4) is 5.75 Å². The maximum atomic E-state index is 5.50.